The molecule has 6 heteroatoms. The molecule has 2 heterocycles. The second kappa shape index (κ2) is 5.43. The molecule has 0 spiro atoms. The summed E-state index contributed by atoms with van der Waals surface area (Å²) in [6, 6.07) is 11.2. The van der Waals surface area contributed by atoms with Gasteiger partial charge in [0.15, 0.2) is 0 Å². The van der Waals surface area contributed by atoms with E-state index in [2.05, 4.69) is 0 Å². The van der Waals surface area contributed by atoms with Crippen LogP contribution >= 0.6 is 23.2 Å². The molecule has 0 unspecified atom stereocenters. The van der Waals surface area contributed by atoms with Crippen molar-refractivity contribution in [3.8, 4) is 0 Å². The number of carbonyl (C=O) groups is 1. The number of aryl methyl sites for hydroxylation is 1. The summed E-state index contributed by atoms with van der Waals surface area (Å²) in [4.78, 5) is 12.6. The van der Waals surface area contributed by atoms with Gasteiger partial charge in [-0.1, -0.05) is 23.2 Å². The van der Waals surface area contributed by atoms with Crippen molar-refractivity contribution in [3.63, 3.8) is 0 Å². The van der Waals surface area contributed by atoms with E-state index in [0.29, 0.717) is 22.2 Å². The molecule has 0 bridgehead atoms. The molecule has 4 rings (SSSR count). The molecule has 0 N–H and O–H groups in total. The molecule has 0 aliphatic rings. The Morgan fingerprint density at radius 3 is 2.42 bits per heavy atom. The number of esters is 1. The zero-order valence-corrected chi connectivity index (χ0v) is 14.6. The Hall–Kier alpha value is -2.17. The molecule has 122 valence electrons. The number of nitrogens with zero attached hydrogens (tertiary/aromatic N) is 2. The van der Waals surface area contributed by atoms with E-state index in [1.165, 1.54) is 0 Å². The molecule has 0 saturated heterocycles. The lowest BCUT2D eigenvalue weighted by molar-refractivity contribution is 0.0530. The van der Waals surface area contributed by atoms with Gasteiger partial charge in [0.25, 0.3) is 0 Å². The Balaban J connectivity index is 2.27. The summed E-state index contributed by atoms with van der Waals surface area (Å²) in [5.41, 5.74) is 4.09. The van der Waals surface area contributed by atoms with Gasteiger partial charge < -0.3 is 9.30 Å². The minimum absolute atomic E-state index is 0.313. The highest BCUT2D eigenvalue weighted by Gasteiger charge is 2.24. The van der Waals surface area contributed by atoms with Crippen LogP contribution in [0.1, 0.15) is 17.3 Å². The SMILES string of the molecule is CCOC(=O)c1c2cc(Cl)ccc2n2c3cc(Cl)ccc3n(C)c12. The van der Waals surface area contributed by atoms with Crippen LogP contribution in [0.5, 0.6) is 0 Å². The molecule has 0 atom stereocenters. The average molecular weight is 361 g/mol. The van der Waals surface area contributed by atoms with Crippen LogP contribution in [0.2, 0.25) is 10.0 Å². The molecule has 0 radical (unpaired) electrons. The number of fused-ring (bicyclic) bond motifs is 5. The first-order valence-electron chi connectivity index (χ1n) is 7.57. The highest BCUT2D eigenvalue weighted by molar-refractivity contribution is 6.32. The van der Waals surface area contributed by atoms with Gasteiger partial charge >= 0.3 is 5.97 Å². The molecule has 2 aromatic carbocycles. The molecule has 24 heavy (non-hydrogen) atoms. The summed E-state index contributed by atoms with van der Waals surface area (Å²) in [5.74, 6) is -0.357. The van der Waals surface area contributed by atoms with Gasteiger partial charge in [0, 0.05) is 22.5 Å². The first-order chi connectivity index (χ1) is 11.5. The van der Waals surface area contributed by atoms with E-state index in [1.54, 1.807) is 13.0 Å². The van der Waals surface area contributed by atoms with Crippen LogP contribution in [-0.4, -0.2) is 21.5 Å². The number of imidazole rings is 1. The van der Waals surface area contributed by atoms with Crippen LogP contribution in [0.25, 0.3) is 27.6 Å². The molecule has 4 nitrogen and oxygen atoms in total. The molecule has 0 aliphatic heterocycles. The van der Waals surface area contributed by atoms with Gasteiger partial charge in [-0.3, -0.25) is 4.40 Å². The normalized spacial score (nSPS) is 11.7. The summed E-state index contributed by atoms with van der Waals surface area (Å²) >= 11 is 12.3. The van der Waals surface area contributed by atoms with E-state index in [0.717, 1.165) is 27.6 Å². The molecular weight excluding hydrogens is 347 g/mol. The fraction of sp³-hybridized carbons (Fsp3) is 0.167. The maximum Gasteiger partial charge on any atom is 0.342 e. The van der Waals surface area contributed by atoms with Crippen LogP contribution in [0, 0.1) is 0 Å². The number of aromatic nitrogens is 2. The van der Waals surface area contributed by atoms with E-state index >= 15 is 0 Å². The largest absolute Gasteiger partial charge is 0.462 e. The number of carbonyl (C=O) groups excluding carboxylic acids is 1. The number of halogens is 2. The number of hydrogen-bond donors (Lipinski definition) is 0. The second-order valence-electron chi connectivity index (χ2n) is 5.61. The highest BCUT2D eigenvalue weighted by Crippen LogP contribution is 2.35. The standard InChI is InChI=1S/C18H14Cl2N2O2/c1-3-24-18(23)16-12-8-10(19)4-6-13(12)22-15-9-11(20)5-7-14(15)21(2)17(16)22/h4-9H,3H2,1-2H3. The average Bonchev–Trinajstić information content (AvgIpc) is 3.01. The summed E-state index contributed by atoms with van der Waals surface area (Å²) < 4.78 is 9.29. The van der Waals surface area contributed by atoms with Crippen molar-refractivity contribution in [2.45, 2.75) is 6.92 Å². The molecule has 0 aliphatic carbocycles. The van der Waals surface area contributed by atoms with Crippen molar-refractivity contribution >= 4 is 56.8 Å². The Kier molecular flexibility index (Phi) is 3.48. The molecule has 0 saturated carbocycles. The third-order valence-electron chi connectivity index (χ3n) is 4.24. The van der Waals surface area contributed by atoms with Crippen LogP contribution in [-0.2, 0) is 11.8 Å². The van der Waals surface area contributed by atoms with Gasteiger partial charge in [0.1, 0.15) is 11.2 Å². The van der Waals surface area contributed by atoms with Crippen LogP contribution in [0.4, 0.5) is 0 Å². The minimum Gasteiger partial charge on any atom is -0.462 e. The summed E-state index contributed by atoms with van der Waals surface area (Å²) in [7, 11) is 1.93. The second-order valence-corrected chi connectivity index (χ2v) is 6.48. The first kappa shape index (κ1) is 15.4. The minimum atomic E-state index is -0.357. The van der Waals surface area contributed by atoms with Gasteiger partial charge in [0.2, 0.25) is 0 Å². The lowest BCUT2D eigenvalue weighted by Crippen LogP contribution is -2.06. The fourth-order valence-corrected chi connectivity index (χ4v) is 3.63. The number of hydrogen-bond acceptors (Lipinski definition) is 2. The Morgan fingerprint density at radius 2 is 1.71 bits per heavy atom. The first-order valence-corrected chi connectivity index (χ1v) is 8.33. The van der Waals surface area contributed by atoms with E-state index in [1.807, 2.05) is 46.3 Å². The summed E-state index contributed by atoms with van der Waals surface area (Å²) in [5, 5.41) is 1.99. The molecule has 4 aromatic rings. The van der Waals surface area contributed by atoms with E-state index in [-0.39, 0.29) is 5.97 Å². The van der Waals surface area contributed by atoms with Gasteiger partial charge in [-0.2, -0.15) is 0 Å². The zero-order chi connectivity index (χ0) is 17.0. The van der Waals surface area contributed by atoms with Crippen LogP contribution < -0.4 is 0 Å². The third kappa shape index (κ3) is 2.03. The van der Waals surface area contributed by atoms with Crippen molar-refractivity contribution in [1.29, 1.82) is 0 Å². The van der Waals surface area contributed by atoms with Gasteiger partial charge in [-0.15, -0.1) is 0 Å². The summed E-state index contributed by atoms with van der Waals surface area (Å²) in [6.45, 7) is 2.11. The number of ether oxygens (including phenoxy) is 1. The van der Waals surface area contributed by atoms with Gasteiger partial charge in [-0.05, 0) is 43.3 Å². The Bertz CT molecular complexity index is 1120. The highest BCUT2D eigenvalue weighted by atomic mass is 35.5. The van der Waals surface area contributed by atoms with Crippen LogP contribution in [0.15, 0.2) is 36.4 Å². The predicted octanol–water partition coefficient (Wildman–Crippen LogP) is 5.07. The maximum atomic E-state index is 12.6. The number of rotatable bonds is 2. The van der Waals surface area contributed by atoms with Gasteiger partial charge in [0.05, 0.1) is 23.2 Å². The van der Waals surface area contributed by atoms with E-state index in [4.69, 9.17) is 27.9 Å². The summed E-state index contributed by atoms with van der Waals surface area (Å²) in [6.07, 6.45) is 0. The van der Waals surface area contributed by atoms with Crippen LogP contribution in [0.3, 0.4) is 0 Å². The van der Waals surface area contributed by atoms with Crippen molar-refractivity contribution in [2.75, 3.05) is 6.61 Å². The zero-order valence-electron chi connectivity index (χ0n) is 13.1. The Morgan fingerprint density at radius 1 is 1.04 bits per heavy atom. The van der Waals surface area contributed by atoms with Crippen molar-refractivity contribution in [2.24, 2.45) is 7.05 Å². The van der Waals surface area contributed by atoms with Crippen molar-refractivity contribution in [3.05, 3.63) is 52.0 Å². The maximum absolute atomic E-state index is 12.6. The monoisotopic (exact) mass is 360 g/mol. The lowest BCUT2D eigenvalue weighted by Gasteiger charge is -2.03. The van der Waals surface area contributed by atoms with E-state index in [9.17, 15) is 4.79 Å². The lowest BCUT2D eigenvalue weighted by atomic mass is 10.1. The fourth-order valence-electron chi connectivity index (χ4n) is 3.29. The number of benzene rings is 2. The molecular formula is C18H14Cl2N2O2. The van der Waals surface area contributed by atoms with E-state index < -0.39 is 0 Å². The molecule has 2 aromatic heterocycles. The smallest absolute Gasteiger partial charge is 0.342 e. The third-order valence-corrected chi connectivity index (χ3v) is 4.71. The Labute approximate surface area is 148 Å². The van der Waals surface area contributed by atoms with Crippen molar-refractivity contribution < 1.29 is 9.53 Å². The van der Waals surface area contributed by atoms with Gasteiger partial charge in [-0.25, -0.2) is 4.79 Å². The quantitative estimate of drug-likeness (QED) is 0.468. The molecule has 0 fully saturated rings. The molecule has 0 amide bonds. The topological polar surface area (TPSA) is 35.6 Å². The predicted molar refractivity (Wildman–Crippen MR) is 97.4 cm³/mol. The van der Waals surface area contributed by atoms with Crippen molar-refractivity contribution in [1.82, 2.24) is 8.97 Å².